The third-order valence-electron chi connectivity index (χ3n) is 4.37. The largest absolute Gasteiger partial charge is 0.396 e. The van der Waals surface area contributed by atoms with Crippen molar-refractivity contribution in [1.29, 1.82) is 5.26 Å². The molecule has 5 nitrogen and oxygen atoms in total. The molecule has 0 bridgehead atoms. The maximum atomic E-state index is 13.7. The van der Waals surface area contributed by atoms with Gasteiger partial charge in [-0.2, -0.15) is 5.26 Å². The van der Waals surface area contributed by atoms with E-state index in [1.807, 2.05) is 13.0 Å². The normalized spacial score (nSPS) is 23.8. The molecule has 6 heteroatoms. The summed E-state index contributed by atoms with van der Waals surface area (Å²) in [6, 6.07) is 5.55. The van der Waals surface area contributed by atoms with Gasteiger partial charge >= 0.3 is 6.03 Å². The Kier molecular flexibility index (Phi) is 4.99. The number of hydrogen-bond donors (Lipinski definition) is 3. The molecule has 2 atom stereocenters. The van der Waals surface area contributed by atoms with Gasteiger partial charge in [-0.1, -0.05) is 19.4 Å². The van der Waals surface area contributed by atoms with Gasteiger partial charge in [0.1, 0.15) is 5.82 Å². The summed E-state index contributed by atoms with van der Waals surface area (Å²) < 4.78 is 13.7. The Morgan fingerprint density at radius 1 is 1.59 bits per heavy atom. The van der Waals surface area contributed by atoms with Crippen molar-refractivity contribution in [1.82, 2.24) is 10.6 Å². The Balaban J connectivity index is 1.90. The Morgan fingerprint density at radius 3 is 3.00 bits per heavy atom. The number of nitriles is 1. The van der Waals surface area contributed by atoms with Crippen molar-refractivity contribution in [3.05, 3.63) is 35.1 Å². The number of halogens is 1. The van der Waals surface area contributed by atoms with Crippen LogP contribution in [0.2, 0.25) is 0 Å². The van der Waals surface area contributed by atoms with Crippen LogP contribution < -0.4 is 10.6 Å². The van der Waals surface area contributed by atoms with E-state index in [9.17, 15) is 14.3 Å². The lowest BCUT2D eigenvalue weighted by Crippen LogP contribution is -2.48. The highest BCUT2D eigenvalue weighted by molar-refractivity contribution is 5.74. The summed E-state index contributed by atoms with van der Waals surface area (Å²) in [5.74, 6) is -0.514. The number of amides is 2. The van der Waals surface area contributed by atoms with Crippen LogP contribution >= 0.6 is 0 Å². The zero-order valence-corrected chi connectivity index (χ0v) is 12.5. The molecule has 0 aliphatic heterocycles. The van der Waals surface area contributed by atoms with Crippen molar-refractivity contribution in [3.63, 3.8) is 0 Å². The van der Waals surface area contributed by atoms with Gasteiger partial charge in [0, 0.05) is 23.6 Å². The molecule has 1 aromatic carbocycles. The minimum absolute atomic E-state index is 0.0300. The van der Waals surface area contributed by atoms with Gasteiger partial charge in [0.25, 0.3) is 0 Å². The van der Waals surface area contributed by atoms with Gasteiger partial charge in [-0.25, -0.2) is 9.18 Å². The fourth-order valence-electron chi connectivity index (χ4n) is 2.81. The number of benzene rings is 1. The van der Waals surface area contributed by atoms with Gasteiger partial charge in [-0.05, 0) is 25.0 Å². The average molecular weight is 305 g/mol. The minimum Gasteiger partial charge on any atom is -0.396 e. The van der Waals surface area contributed by atoms with E-state index in [1.165, 1.54) is 12.1 Å². The van der Waals surface area contributed by atoms with Crippen LogP contribution in [0.25, 0.3) is 0 Å². The molecule has 2 rings (SSSR count). The maximum Gasteiger partial charge on any atom is 0.315 e. The summed E-state index contributed by atoms with van der Waals surface area (Å²) in [7, 11) is 0. The zero-order chi connectivity index (χ0) is 16.2. The molecule has 2 amide bonds. The van der Waals surface area contributed by atoms with Gasteiger partial charge in [0.2, 0.25) is 0 Å². The van der Waals surface area contributed by atoms with Gasteiger partial charge in [-0.15, -0.1) is 0 Å². The molecule has 1 fully saturated rings. The van der Waals surface area contributed by atoms with E-state index in [2.05, 4.69) is 10.6 Å². The summed E-state index contributed by atoms with van der Waals surface area (Å²) >= 11 is 0. The molecule has 0 heterocycles. The number of nitrogens with one attached hydrogen (secondary N) is 2. The first-order valence-electron chi connectivity index (χ1n) is 7.32. The highest BCUT2D eigenvalue weighted by atomic mass is 19.1. The maximum absolute atomic E-state index is 13.7. The average Bonchev–Trinajstić information content (AvgIpc) is 2.87. The number of carbonyl (C=O) groups excluding carboxylic acids is 1. The van der Waals surface area contributed by atoms with E-state index >= 15 is 0 Å². The van der Waals surface area contributed by atoms with Crippen molar-refractivity contribution in [2.75, 3.05) is 6.61 Å². The summed E-state index contributed by atoms with van der Waals surface area (Å²) in [6.07, 6.45) is 2.67. The molecular formula is C16H20FN3O2. The van der Waals surface area contributed by atoms with Crippen LogP contribution in [-0.2, 0) is 6.54 Å². The molecule has 0 radical (unpaired) electrons. The Labute approximate surface area is 129 Å². The van der Waals surface area contributed by atoms with Crippen molar-refractivity contribution in [2.24, 2.45) is 5.41 Å². The molecule has 0 spiro atoms. The fourth-order valence-corrected chi connectivity index (χ4v) is 2.81. The molecule has 22 heavy (non-hydrogen) atoms. The van der Waals surface area contributed by atoms with E-state index < -0.39 is 5.82 Å². The zero-order valence-electron chi connectivity index (χ0n) is 12.5. The lowest BCUT2D eigenvalue weighted by atomic mass is 9.86. The Hall–Kier alpha value is -2.13. The highest BCUT2D eigenvalue weighted by Gasteiger charge is 2.39. The predicted octanol–water partition coefficient (Wildman–Crippen LogP) is 2.05. The molecule has 3 N–H and O–H groups in total. The molecule has 118 valence electrons. The Morgan fingerprint density at radius 2 is 2.36 bits per heavy atom. The van der Waals surface area contributed by atoms with Crippen molar-refractivity contribution in [2.45, 2.75) is 38.8 Å². The van der Waals surface area contributed by atoms with E-state index in [0.29, 0.717) is 5.56 Å². The summed E-state index contributed by atoms with van der Waals surface area (Å²) in [6.45, 7) is 2.03. The summed E-state index contributed by atoms with van der Waals surface area (Å²) in [5.41, 5.74) is 0.276. The first-order chi connectivity index (χ1) is 10.5. The van der Waals surface area contributed by atoms with Crippen LogP contribution in [-0.4, -0.2) is 23.8 Å². The number of urea groups is 1. The van der Waals surface area contributed by atoms with Crippen LogP contribution in [0.1, 0.15) is 37.3 Å². The number of rotatable bonds is 4. The van der Waals surface area contributed by atoms with Gasteiger partial charge < -0.3 is 15.7 Å². The first-order valence-corrected chi connectivity index (χ1v) is 7.32. The van der Waals surface area contributed by atoms with Crippen LogP contribution in [0.5, 0.6) is 0 Å². The molecule has 0 saturated heterocycles. The minimum atomic E-state index is -0.514. The number of nitrogens with zero attached hydrogens (tertiary/aromatic N) is 1. The van der Waals surface area contributed by atoms with Crippen LogP contribution in [0, 0.1) is 22.6 Å². The second kappa shape index (κ2) is 6.75. The van der Waals surface area contributed by atoms with E-state index in [-0.39, 0.29) is 36.2 Å². The van der Waals surface area contributed by atoms with Gasteiger partial charge in [0.05, 0.1) is 18.2 Å². The van der Waals surface area contributed by atoms with Crippen molar-refractivity contribution in [3.8, 4) is 6.07 Å². The molecule has 1 aliphatic carbocycles. The third-order valence-corrected chi connectivity index (χ3v) is 4.37. The smallest absolute Gasteiger partial charge is 0.315 e. The third kappa shape index (κ3) is 3.55. The number of carbonyl (C=O) groups is 1. The molecule has 2 unspecified atom stereocenters. The number of hydrogen-bond acceptors (Lipinski definition) is 3. The van der Waals surface area contributed by atoms with Crippen LogP contribution in [0.4, 0.5) is 9.18 Å². The van der Waals surface area contributed by atoms with Crippen molar-refractivity contribution >= 4 is 6.03 Å². The van der Waals surface area contributed by atoms with Gasteiger partial charge in [0.15, 0.2) is 0 Å². The van der Waals surface area contributed by atoms with Crippen molar-refractivity contribution < 1.29 is 14.3 Å². The summed E-state index contributed by atoms with van der Waals surface area (Å²) in [4.78, 5) is 11.9. The summed E-state index contributed by atoms with van der Waals surface area (Å²) in [5, 5.41) is 23.6. The van der Waals surface area contributed by atoms with E-state index in [4.69, 9.17) is 5.26 Å². The SMILES string of the molecule is CC1(CO)CCCC1NC(=O)NCc1ccc(C#N)cc1F. The molecule has 1 aromatic rings. The standard InChI is InChI=1S/C16H20FN3O2/c1-16(10-21)6-2-3-14(16)20-15(22)19-9-12-5-4-11(8-18)7-13(12)17/h4-5,7,14,21H,2-3,6,9-10H2,1H3,(H2,19,20,22). The number of aliphatic hydroxyl groups is 1. The monoisotopic (exact) mass is 305 g/mol. The second-order valence-electron chi connectivity index (χ2n) is 6.00. The van der Waals surface area contributed by atoms with Crippen LogP contribution in [0.3, 0.4) is 0 Å². The first kappa shape index (κ1) is 16.2. The quantitative estimate of drug-likeness (QED) is 0.796. The fraction of sp³-hybridized carbons (Fsp3) is 0.500. The molecule has 1 saturated carbocycles. The van der Waals surface area contributed by atoms with E-state index in [0.717, 1.165) is 25.3 Å². The Bertz CT molecular complexity index is 600. The molecule has 0 aromatic heterocycles. The molecular weight excluding hydrogens is 285 g/mol. The van der Waals surface area contributed by atoms with E-state index in [1.54, 1.807) is 0 Å². The van der Waals surface area contributed by atoms with Gasteiger partial charge in [-0.3, -0.25) is 0 Å². The predicted molar refractivity (Wildman–Crippen MR) is 79.3 cm³/mol. The lowest BCUT2D eigenvalue weighted by molar-refractivity contribution is 0.121. The topological polar surface area (TPSA) is 85.2 Å². The lowest BCUT2D eigenvalue weighted by Gasteiger charge is -2.30. The highest BCUT2D eigenvalue weighted by Crippen LogP contribution is 2.37. The second-order valence-corrected chi connectivity index (χ2v) is 6.00. The number of aliphatic hydroxyl groups excluding tert-OH is 1. The molecule has 1 aliphatic rings. The van der Waals surface area contributed by atoms with Crippen LogP contribution in [0.15, 0.2) is 18.2 Å².